The molecule has 0 aliphatic carbocycles. The molecular weight excluding hydrogens is 328 g/mol. The van der Waals surface area contributed by atoms with Crippen LogP contribution in [-0.2, 0) is 14.8 Å². The molecule has 136 valence electrons. The van der Waals surface area contributed by atoms with Gasteiger partial charge in [0.1, 0.15) is 5.75 Å². The summed E-state index contributed by atoms with van der Waals surface area (Å²) in [5, 5.41) is 2.78. The van der Waals surface area contributed by atoms with Crippen LogP contribution in [0.5, 0.6) is 5.75 Å². The Morgan fingerprint density at radius 3 is 2.42 bits per heavy atom. The van der Waals surface area contributed by atoms with Crippen molar-refractivity contribution in [2.24, 2.45) is 5.92 Å². The number of ether oxygens (including phenoxy) is 1. The molecule has 0 heterocycles. The highest BCUT2D eigenvalue weighted by molar-refractivity contribution is 7.89. The molecule has 1 aromatic carbocycles. The van der Waals surface area contributed by atoms with E-state index in [1.54, 1.807) is 12.1 Å². The van der Waals surface area contributed by atoms with E-state index in [1.807, 2.05) is 13.8 Å². The second-order valence-electron chi connectivity index (χ2n) is 6.06. The average molecular weight is 356 g/mol. The summed E-state index contributed by atoms with van der Waals surface area (Å²) in [5.74, 6) is 0.515. The molecule has 0 saturated heterocycles. The van der Waals surface area contributed by atoms with Gasteiger partial charge in [-0.2, -0.15) is 0 Å². The molecule has 1 aromatic rings. The van der Waals surface area contributed by atoms with Gasteiger partial charge in [-0.25, -0.2) is 13.1 Å². The lowest BCUT2D eigenvalue weighted by molar-refractivity contribution is -0.123. The SMILES string of the molecule is CCCCCNC(=O)COc1ccc(S(=O)(=O)NCC(C)C)cc1. The molecule has 0 fully saturated rings. The summed E-state index contributed by atoms with van der Waals surface area (Å²) in [6, 6.07) is 6.04. The van der Waals surface area contributed by atoms with Crippen molar-refractivity contribution in [3.63, 3.8) is 0 Å². The summed E-state index contributed by atoms with van der Waals surface area (Å²) < 4.78 is 32.0. The van der Waals surface area contributed by atoms with Gasteiger partial charge in [0.25, 0.3) is 5.91 Å². The monoisotopic (exact) mass is 356 g/mol. The molecule has 24 heavy (non-hydrogen) atoms. The van der Waals surface area contributed by atoms with Gasteiger partial charge in [-0.1, -0.05) is 33.6 Å². The predicted molar refractivity (Wildman–Crippen MR) is 94.5 cm³/mol. The van der Waals surface area contributed by atoms with E-state index >= 15 is 0 Å². The fourth-order valence-corrected chi connectivity index (χ4v) is 3.09. The van der Waals surface area contributed by atoms with Crippen LogP contribution in [0.2, 0.25) is 0 Å². The standard InChI is InChI=1S/C17H28N2O4S/c1-4-5-6-11-18-17(20)13-23-15-7-9-16(10-8-15)24(21,22)19-12-14(2)3/h7-10,14,19H,4-6,11-13H2,1-3H3,(H,18,20). The van der Waals surface area contributed by atoms with E-state index in [1.165, 1.54) is 12.1 Å². The van der Waals surface area contributed by atoms with Crippen LogP contribution >= 0.6 is 0 Å². The van der Waals surface area contributed by atoms with Crippen LogP contribution in [0.15, 0.2) is 29.2 Å². The number of amides is 1. The van der Waals surface area contributed by atoms with Crippen molar-refractivity contribution in [2.45, 2.75) is 44.9 Å². The Labute approximate surface area is 145 Å². The quantitative estimate of drug-likeness (QED) is 0.596. The number of nitrogens with one attached hydrogen (secondary N) is 2. The summed E-state index contributed by atoms with van der Waals surface area (Å²) in [7, 11) is -3.51. The summed E-state index contributed by atoms with van der Waals surface area (Å²) >= 11 is 0. The van der Waals surface area contributed by atoms with Crippen LogP contribution in [-0.4, -0.2) is 34.0 Å². The van der Waals surface area contributed by atoms with Crippen LogP contribution in [0.3, 0.4) is 0 Å². The van der Waals surface area contributed by atoms with Crippen LogP contribution in [0.4, 0.5) is 0 Å². The molecule has 0 aliphatic rings. The molecule has 7 heteroatoms. The predicted octanol–water partition coefficient (Wildman–Crippen LogP) is 2.31. The number of carbonyl (C=O) groups excluding carboxylic acids is 1. The maximum Gasteiger partial charge on any atom is 0.257 e. The van der Waals surface area contributed by atoms with Crippen LogP contribution < -0.4 is 14.8 Å². The third-order valence-electron chi connectivity index (χ3n) is 3.29. The average Bonchev–Trinajstić information content (AvgIpc) is 2.55. The molecule has 0 unspecified atom stereocenters. The largest absolute Gasteiger partial charge is 0.484 e. The van der Waals surface area contributed by atoms with Gasteiger partial charge in [-0.05, 0) is 36.6 Å². The summed E-state index contributed by atoms with van der Waals surface area (Å²) in [4.78, 5) is 11.8. The molecule has 1 rings (SSSR count). The lowest BCUT2D eigenvalue weighted by Gasteiger charge is -2.10. The Morgan fingerprint density at radius 1 is 1.17 bits per heavy atom. The van der Waals surface area contributed by atoms with E-state index < -0.39 is 10.0 Å². The van der Waals surface area contributed by atoms with Gasteiger partial charge in [0, 0.05) is 13.1 Å². The minimum Gasteiger partial charge on any atom is -0.484 e. The van der Waals surface area contributed by atoms with Crippen LogP contribution in [0.25, 0.3) is 0 Å². The summed E-state index contributed by atoms with van der Waals surface area (Å²) in [6.07, 6.45) is 3.15. The lowest BCUT2D eigenvalue weighted by atomic mass is 10.2. The zero-order valence-electron chi connectivity index (χ0n) is 14.7. The number of hydrogen-bond donors (Lipinski definition) is 2. The van der Waals surface area contributed by atoms with Gasteiger partial charge < -0.3 is 10.1 Å². The first-order valence-corrected chi connectivity index (χ1v) is 9.82. The first-order valence-electron chi connectivity index (χ1n) is 8.34. The number of unbranched alkanes of at least 4 members (excludes halogenated alkanes) is 2. The van der Waals surface area contributed by atoms with Crippen molar-refractivity contribution in [3.05, 3.63) is 24.3 Å². The number of sulfonamides is 1. The van der Waals surface area contributed by atoms with E-state index in [2.05, 4.69) is 17.0 Å². The molecule has 0 aromatic heterocycles. The van der Waals surface area contributed by atoms with Crippen molar-refractivity contribution < 1.29 is 17.9 Å². The van der Waals surface area contributed by atoms with E-state index in [0.717, 1.165) is 19.3 Å². The highest BCUT2D eigenvalue weighted by Crippen LogP contribution is 2.16. The second-order valence-corrected chi connectivity index (χ2v) is 7.83. The van der Waals surface area contributed by atoms with Crippen molar-refractivity contribution in [1.29, 1.82) is 0 Å². The summed E-state index contributed by atoms with van der Waals surface area (Å²) in [5.41, 5.74) is 0. The zero-order chi connectivity index (χ0) is 18.0. The Hall–Kier alpha value is -1.60. The van der Waals surface area contributed by atoms with Gasteiger partial charge in [-0.3, -0.25) is 4.79 Å². The number of benzene rings is 1. The molecule has 0 aliphatic heterocycles. The highest BCUT2D eigenvalue weighted by Gasteiger charge is 2.14. The topological polar surface area (TPSA) is 84.5 Å². The minimum absolute atomic E-state index is 0.0795. The maximum absolute atomic E-state index is 12.1. The molecule has 0 radical (unpaired) electrons. The van der Waals surface area contributed by atoms with E-state index in [0.29, 0.717) is 18.8 Å². The molecule has 0 bridgehead atoms. The van der Waals surface area contributed by atoms with Crippen LogP contribution in [0.1, 0.15) is 40.0 Å². The third kappa shape index (κ3) is 7.79. The van der Waals surface area contributed by atoms with Gasteiger partial charge >= 0.3 is 0 Å². The first kappa shape index (κ1) is 20.4. The van der Waals surface area contributed by atoms with Crippen molar-refractivity contribution in [1.82, 2.24) is 10.0 Å². The molecule has 1 amide bonds. The Bertz CT molecular complexity index is 598. The fraction of sp³-hybridized carbons (Fsp3) is 0.588. The first-order chi connectivity index (χ1) is 11.3. The number of hydrogen-bond acceptors (Lipinski definition) is 4. The van der Waals surface area contributed by atoms with Crippen molar-refractivity contribution >= 4 is 15.9 Å². The van der Waals surface area contributed by atoms with Gasteiger partial charge in [0.05, 0.1) is 4.90 Å². The maximum atomic E-state index is 12.1. The minimum atomic E-state index is -3.51. The molecule has 6 nitrogen and oxygen atoms in total. The molecule has 0 atom stereocenters. The Morgan fingerprint density at radius 2 is 1.83 bits per heavy atom. The smallest absolute Gasteiger partial charge is 0.257 e. The molecule has 2 N–H and O–H groups in total. The fourth-order valence-electron chi connectivity index (χ4n) is 1.88. The summed E-state index contributed by atoms with van der Waals surface area (Å²) in [6.45, 7) is 6.93. The van der Waals surface area contributed by atoms with E-state index in [9.17, 15) is 13.2 Å². The molecule has 0 spiro atoms. The van der Waals surface area contributed by atoms with Gasteiger partial charge in [0.2, 0.25) is 10.0 Å². The number of rotatable bonds is 11. The van der Waals surface area contributed by atoms with Crippen molar-refractivity contribution in [2.75, 3.05) is 19.7 Å². The molecule has 0 saturated carbocycles. The zero-order valence-corrected chi connectivity index (χ0v) is 15.5. The van der Waals surface area contributed by atoms with Gasteiger partial charge in [-0.15, -0.1) is 0 Å². The van der Waals surface area contributed by atoms with E-state index in [4.69, 9.17) is 4.74 Å². The van der Waals surface area contributed by atoms with Crippen LogP contribution in [0, 0.1) is 5.92 Å². The second kappa shape index (κ2) is 10.3. The lowest BCUT2D eigenvalue weighted by Crippen LogP contribution is -2.29. The van der Waals surface area contributed by atoms with Crippen molar-refractivity contribution in [3.8, 4) is 5.75 Å². The Kier molecular flexibility index (Phi) is 8.78. The number of carbonyl (C=O) groups is 1. The normalized spacial score (nSPS) is 11.5. The highest BCUT2D eigenvalue weighted by atomic mass is 32.2. The Balaban J connectivity index is 2.46. The third-order valence-corrected chi connectivity index (χ3v) is 4.73. The molecular formula is C17H28N2O4S. The van der Waals surface area contributed by atoms with Gasteiger partial charge in [0.15, 0.2) is 6.61 Å². The van der Waals surface area contributed by atoms with E-state index in [-0.39, 0.29) is 23.3 Å².